The lowest BCUT2D eigenvalue weighted by Gasteiger charge is -2.20. The molecule has 0 saturated heterocycles. The van der Waals surface area contributed by atoms with E-state index in [4.69, 9.17) is 4.74 Å². The molecule has 1 aromatic carbocycles. The summed E-state index contributed by atoms with van der Waals surface area (Å²) in [6, 6.07) is 4.71. The standard InChI is InChI=1S/C16H24F3N3O3S/c1-4-13(11-22-15(20-2)21-8-9-26(3,23)24)25-14-7-5-6-12(10-14)16(17,18)19/h5-7,10,13H,4,8-9,11H2,1-3H3,(H2,20,21,22). The van der Waals surface area contributed by atoms with E-state index in [9.17, 15) is 21.6 Å². The third-order valence-corrected chi connectivity index (χ3v) is 4.35. The molecule has 0 fully saturated rings. The molecule has 0 radical (unpaired) electrons. The fourth-order valence-corrected chi connectivity index (χ4v) is 2.47. The number of halogens is 3. The van der Waals surface area contributed by atoms with Gasteiger partial charge in [-0.15, -0.1) is 0 Å². The maximum atomic E-state index is 12.8. The summed E-state index contributed by atoms with van der Waals surface area (Å²) < 4.78 is 66.1. The lowest BCUT2D eigenvalue weighted by Crippen LogP contribution is -2.43. The smallest absolute Gasteiger partial charge is 0.416 e. The first-order chi connectivity index (χ1) is 12.0. The number of alkyl halides is 3. The predicted octanol–water partition coefficient (Wildman–Crippen LogP) is 2.07. The van der Waals surface area contributed by atoms with Crippen molar-refractivity contribution in [3.63, 3.8) is 0 Å². The van der Waals surface area contributed by atoms with Crippen LogP contribution < -0.4 is 15.4 Å². The molecule has 0 heterocycles. The van der Waals surface area contributed by atoms with Crippen molar-refractivity contribution in [3.05, 3.63) is 29.8 Å². The van der Waals surface area contributed by atoms with Gasteiger partial charge in [-0.25, -0.2) is 8.42 Å². The van der Waals surface area contributed by atoms with Gasteiger partial charge in [-0.1, -0.05) is 13.0 Å². The molecule has 1 rings (SSSR count). The van der Waals surface area contributed by atoms with Crippen LogP contribution in [0.25, 0.3) is 0 Å². The second kappa shape index (κ2) is 9.65. The highest BCUT2D eigenvalue weighted by Crippen LogP contribution is 2.31. The van der Waals surface area contributed by atoms with Crippen LogP contribution in [0.5, 0.6) is 5.75 Å². The zero-order valence-electron chi connectivity index (χ0n) is 14.9. The molecule has 26 heavy (non-hydrogen) atoms. The molecule has 0 amide bonds. The van der Waals surface area contributed by atoms with Gasteiger partial charge in [-0.3, -0.25) is 4.99 Å². The quantitative estimate of drug-likeness (QED) is 0.520. The maximum absolute atomic E-state index is 12.8. The molecule has 148 valence electrons. The van der Waals surface area contributed by atoms with Gasteiger partial charge in [0.05, 0.1) is 17.9 Å². The highest BCUT2D eigenvalue weighted by atomic mass is 32.2. The Morgan fingerprint density at radius 2 is 2.00 bits per heavy atom. The number of aliphatic imine (C=N–C) groups is 1. The summed E-state index contributed by atoms with van der Waals surface area (Å²) in [6.45, 7) is 2.34. The molecule has 0 bridgehead atoms. The number of nitrogens with one attached hydrogen (secondary N) is 2. The molecular formula is C16H24F3N3O3S. The highest BCUT2D eigenvalue weighted by molar-refractivity contribution is 7.90. The van der Waals surface area contributed by atoms with Gasteiger partial charge in [0.25, 0.3) is 0 Å². The third-order valence-electron chi connectivity index (χ3n) is 3.41. The number of sulfone groups is 1. The monoisotopic (exact) mass is 395 g/mol. The Hall–Kier alpha value is -1.97. The Morgan fingerprint density at radius 3 is 2.54 bits per heavy atom. The molecule has 1 aromatic rings. The van der Waals surface area contributed by atoms with Gasteiger partial charge in [0.1, 0.15) is 21.7 Å². The molecule has 0 saturated carbocycles. The van der Waals surface area contributed by atoms with Gasteiger partial charge in [-0.2, -0.15) is 13.2 Å². The molecule has 6 nitrogen and oxygen atoms in total. The Morgan fingerprint density at radius 1 is 1.31 bits per heavy atom. The first kappa shape index (κ1) is 22.1. The van der Waals surface area contributed by atoms with Crippen LogP contribution in [-0.2, 0) is 16.0 Å². The molecule has 0 aliphatic heterocycles. The van der Waals surface area contributed by atoms with E-state index in [0.717, 1.165) is 18.4 Å². The molecule has 1 unspecified atom stereocenters. The lowest BCUT2D eigenvalue weighted by atomic mass is 10.2. The normalized spacial score (nSPS) is 14.0. The van der Waals surface area contributed by atoms with E-state index in [1.54, 1.807) is 0 Å². The Bertz CT molecular complexity index is 706. The molecule has 10 heteroatoms. The van der Waals surface area contributed by atoms with Crippen LogP contribution in [0.15, 0.2) is 29.3 Å². The average molecular weight is 395 g/mol. The SMILES string of the molecule is CCC(CNC(=NC)NCCS(C)(=O)=O)Oc1cccc(C(F)(F)F)c1. The first-order valence-corrected chi connectivity index (χ1v) is 10.1. The van der Waals surface area contributed by atoms with Crippen LogP contribution in [0.4, 0.5) is 13.2 Å². The van der Waals surface area contributed by atoms with Gasteiger partial charge in [0.2, 0.25) is 0 Å². The number of rotatable bonds is 8. The minimum atomic E-state index is -4.43. The van der Waals surface area contributed by atoms with Crippen LogP contribution in [0.2, 0.25) is 0 Å². The van der Waals surface area contributed by atoms with E-state index in [2.05, 4.69) is 15.6 Å². The number of benzene rings is 1. The van der Waals surface area contributed by atoms with Gasteiger partial charge in [0.15, 0.2) is 5.96 Å². The van der Waals surface area contributed by atoms with Crippen molar-refractivity contribution in [2.75, 3.05) is 32.1 Å². The van der Waals surface area contributed by atoms with Crippen LogP contribution in [-0.4, -0.2) is 52.6 Å². The van der Waals surface area contributed by atoms with E-state index in [1.807, 2.05) is 6.92 Å². The van der Waals surface area contributed by atoms with Crippen LogP contribution in [0.3, 0.4) is 0 Å². The van der Waals surface area contributed by atoms with Crippen molar-refractivity contribution in [1.29, 1.82) is 0 Å². The zero-order valence-corrected chi connectivity index (χ0v) is 15.7. The second-order valence-electron chi connectivity index (χ2n) is 5.68. The number of hydrogen-bond donors (Lipinski definition) is 2. The summed E-state index contributed by atoms with van der Waals surface area (Å²) in [5, 5.41) is 5.82. The molecule has 0 spiro atoms. The van der Waals surface area contributed by atoms with Gasteiger partial charge in [0, 0.05) is 19.8 Å². The van der Waals surface area contributed by atoms with E-state index in [0.29, 0.717) is 18.9 Å². The molecule has 1 atom stereocenters. The van der Waals surface area contributed by atoms with Gasteiger partial charge < -0.3 is 15.4 Å². The average Bonchev–Trinajstić information content (AvgIpc) is 2.55. The van der Waals surface area contributed by atoms with Gasteiger partial charge >= 0.3 is 6.18 Å². The number of ether oxygens (including phenoxy) is 1. The second-order valence-corrected chi connectivity index (χ2v) is 7.94. The topological polar surface area (TPSA) is 79.8 Å². The first-order valence-electron chi connectivity index (χ1n) is 8.01. The minimum absolute atomic E-state index is 0.0361. The fourth-order valence-electron chi connectivity index (χ4n) is 1.99. The van der Waals surface area contributed by atoms with Crippen LogP contribution >= 0.6 is 0 Å². The van der Waals surface area contributed by atoms with Crippen LogP contribution in [0.1, 0.15) is 18.9 Å². The molecule has 0 aliphatic carbocycles. The summed E-state index contributed by atoms with van der Waals surface area (Å²) in [5.41, 5.74) is -0.768. The summed E-state index contributed by atoms with van der Waals surface area (Å²) in [6.07, 6.45) is -3.11. The molecule has 2 N–H and O–H groups in total. The predicted molar refractivity (Wildman–Crippen MR) is 95.2 cm³/mol. The van der Waals surface area contributed by atoms with E-state index >= 15 is 0 Å². The molecular weight excluding hydrogens is 371 g/mol. The lowest BCUT2D eigenvalue weighted by molar-refractivity contribution is -0.137. The number of guanidine groups is 1. The summed E-state index contributed by atoms with van der Waals surface area (Å²) in [7, 11) is -1.55. The van der Waals surface area contributed by atoms with Crippen molar-refractivity contribution < 1.29 is 26.3 Å². The molecule has 0 aliphatic rings. The zero-order chi connectivity index (χ0) is 19.8. The number of nitrogens with zero attached hydrogens (tertiary/aromatic N) is 1. The summed E-state index contributed by atoms with van der Waals surface area (Å²) in [5.74, 6) is 0.485. The maximum Gasteiger partial charge on any atom is 0.416 e. The minimum Gasteiger partial charge on any atom is -0.489 e. The van der Waals surface area contributed by atoms with Crippen LogP contribution in [0, 0.1) is 0 Å². The fraction of sp³-hybridized carbons (Fsp3) is 0.562. The van der Waals surface area contributed by atoms with Crippen molar-refractivity contribution in [3.8, 4) is 5.75 Å². The third kappa shape index (κ3) is 8.41. The van der Waals surface area contributed by atoms with Crippen molar-refractivity contribution in [1.82, 2.24) is 10.6 Å². The number of hydrogen-bond acceptors (Lipinski definition) is 4. The van der Waals surface area contributed by atoms with E-state index < -0.39 is 21.6 Å². The van der Waals surface area contributed by atoms with E-state index in [1.165, 1.54) is 19.2 Å². The van der Waals surface area contributed by atoms with Crippen molar-refractivity contribution in [2.45, 2.75) is 25.6 Å². The van der Waals surface area contributed by atoms with Crippen molar-refractivity contribution in [2.24, 2.45) is 4.99 Å². The van der Waals surface area contributed by atoms with E-state index in [-0.39, 0.29) is 24.2 Å². The molecule has 0 aromatic heterocycles. The van der Waals surface area contributed by atoms with Crippen molar-refractivity contribution >= 4 is 15.8 Å². The summed E-state index contributed by atoms with van der Waals surface area (Å²) >= 11 is 0. The Labute approximate surface area is 151 Å². The largest absolute Gasteiger partial charge is 0.489 e. The Kier molecular flexibility index (Phi) is 8.19. The Balaban J connectivity index is 2.59. The van der Waals surface area contributed by atoms with Gasteiger partial charge in [-0.05, 0) is 24.6 Å². The highest BCUT2D eigenvalue weighted by Gasteiger charge is 2.30. The summed E-state index contributed by atoms with van der Waals surface area (Å²) in [4.78, 5) is 3.96.